The molecule has 0 unspecified atom stereocenters. The quantitative estimate of drug-likeness (QED) is 0.790. The second-order valence-electron chi connectivity index (χ2n) is 8.74. The van der Waals surface area contributed by atoms with Crippen LogP contribution in [0.5, 0.6) is 5.75 Å². The van der Waals surface area contributed by atoms with Crippen LogP contribution in [0.25, 0.3) is 0 Å². The van der Waals surface area contributed by atoms with Gasteiger partial charge in [-0.2, -0.15) is 0 Å². The molecule has 148 valence electrons. The number of carbonyl (C=O) groups excluding carboxylic acids is 1. The SMILES string of the molecule is COc1ccc(C2(C(=O)N3CCC(n4c(C)cnc4C4CC4)CC3)CC2)cc1. The zero-order valence-corrected chi connectivity index (χ0v) is 16.9. The Morgan fingerprint density at radius 3 is 2.36 bits per heavy atom. The Morgan fingerprint density at radius 1 is 1.11 bits per heavy atom. The highest BCUT2D eigenvalue weighted by molar-refractivity contribution is 5.91. The third-order valence-corrected chi connectivity index (χ3v) is 6.87. The molecule has 28 heavy (non-hydrogen) atoms. The van der Waals surface area contributed by atoms with Crippen molar-refractivity contribution in [3.05, 3.63) is 47.5 Å². The highest BCUT2D eigenvalue weighted by atomic mass is 16.5. The zero-order chi connectivity index (χ0) is 19.3. The van der Waals surface area contributed by atoms with E-state index in [2.05, 4.69) is 33.5 Å². The molecule has 3 aliphatic rings. The molecule has 5 rings (SSSR count). The molecule has 5 nitrogen and oxygen atoms in total. The summed E-state index contributed by atoms with van der Waals surface area (Å²) in [6.45, 7) is 3.87. The van der Waals surface area contributed by atoms with Gasteiger partial charge in [-0.05, 0) is 63.1 Å². The number of amides is 1. The Bertz CT molecular complexity index is 870. The number of hydrogen-bond donors (Lipinski definition) is 0. The molecule has 5 heteroatoms. The van der Waals surface area contributed by atoms with Crippen LogP contribution in [0.4, 0.5) is 0 Å². The van der Waals surface area contributed by atoms with Gasteiger partial charge in [0.15, 0.2) is 0 Å². The predicted octanol–water partition coefficient (Wildman–Crippen LogP) is 3.97. The largest absolute Gasteiger partial charge is 0.497 e. The first kappa shape index (κ1) is 17.8. The molecule has 1 aromatic carbocycles. The van der Waals surface area contributed by atoms with Crippen LogP contribution in [0.3, 0.4) is 0 Å². The number of likely N-dealkylation sites (tertiary alicyclic amines) is 1. The number of aryl methyl sites for hydroxylation is 1. The molecule has 2 heterocycles. The van der Waals surface area contributed by atoms with Crippen LogP contribution in [-0.4, -0.2) is 40.6 Å². The van der Waals surface area contributed by atoms with Crippen molar-refractivity contribution in [2.75, 3.05) is 20.2 Å². The van der Waals surface area contributed by atoms with Crippen molar-refractivity contribution in [3.63, 3.8) is 0 Å². The molecule has 3 fully saturated rings. The molecule has 1 aromatic heterocycles. The van der Waals surface area contributed by atoms with Gasteiger partial charge >= 0.3 is 0 Å². The molecular weight excluding hydrogens is 350 g/mol. The fraction of sp³-hybridized carbons (Fsp3) is 0.565. The van der Waals surface area contributed by atoms with E-state index in [4.69, 9.17) is 4.74 Å². The van der Waals surface area contributed by atoms with Crippen molar-refractivity contribution < 1.29 is 9.53 Å². The maximum absolute atomic E-state index is 13.4. The van der Waals surface area contributed by atoms with Crippen LogP contribution in [-0.2, 0) is 10.2 Å². The lowest BCUT2D eigenvalue weighted by Gasteiger charge is -2.36. The second kappa shape index (κ2) is 6.64. The van der Waals surface area contributed by atoms with E-state index in [9.17, 15) is 4.79 Å². The number of ether oxygens (including phenoxy) is 1. The number of carbonyl (C=O) groups is 1. The van der Waals surface area contributed by atoms with Crippen LogP contribution in [0, 0.1) is 6.92 Å². The van der Waals surface area contributed by atoms with Gasteiger partial charge in [0.1, 0.15) is 11.6 Å². The summed E-state index contributed by atoms with van der Waals surface area (Å²) in [6, 6.07) is 8.55. The van der Waals surface area contributed by atoms with E-state index < -0.39 is 0 Å². The first-order chi connectivity index (χ1) is 13.6. The molecule has 2 aliphatic carbocycles. The van der Waals surface area contributed by atoms with Crippen molar-refractivity contribution in [3.8, 4) is 5.75 Å². The standard InChI is InChI=1S/C23H29N3O2/c1-16-15-24-21(17-3-4-17)26(16)19-9-13-25(14-10-19)22(27)23(11-12-23)18-5-7-20(28-2)8-6-18/h5-8,15,17,19H,3-4,9-14H2,1-2H3. The summed E-state index contributed by atoms with van der Waals surface area (Å²) in [6.07, 6.45) is 8.56. The highest BCUT2D eigenvalue weighted by Gasteiger charge is 2.53. The van der Waals surface area contributed by atoms with Crippen LogP contribution < -0.4 is 4.74 Å². The van der Waals surface area contributed by atoms with Gasteiger partial charge in [0, 0.05) is 36.9 Å². The molecular formula is C23H29N3O2. The first-order valence-electron chi connectivity index (χ1n) is 10.6. The van der Waals surface area contributed by atoms with Crippen molar-refractivity contribution in [1.29, 1.82) is 0 Å². The molecule has 1 amide bonds. The van der Waals surface area contributed by atoms with E-state index in [-0.39, 0.29) is 5.41 Å². The van der Waals surface area contributed by atoms with E-state index in [0.717, 1.165) is 50.1 Å². The van der Waals surface area contributed by atoms with Gasteiger partial charge < -0.3 is 14.2 Å². The Balaban J connectivity index is 1.28. The Morgan fingerprint density at radius 2 is 1.79 bits per heavy atom. The van der Waals surface area contributed by atoms with Gasteiger partial charge in [-0.25, -0.2) is 4.98 Å². The number of rotatable bonds is 5. The number of imidazole rings is 1. The smallest absolute Gasteiger partial charge is 0.233 e. The fourth-order valence-electron chi connectivity index (χ4n) is 4.87. The number of aromatic nitrogens is 2. The van der Waals surface area contributed by atoms with Gasteiger partial charge in [-0.3, -0.25) is 4.79 Å². The summed E-state index contributed by atoms with van der Waals surface area (Å²) in [5.74, 6) is 3.10. The fourth-order valence-corrected chi connectivity index (χ4v) is 4.87. The topological polar surface area (TPSA) is 47.4 Å². The normalized spacial score (nSPS) is 21.6. The molecule has 1 aliphatic heterocycles. The number of benzene rings is 1. The lowest BCUT2D eigenvalue weighted by molar-refractivity contribution is -0.135. The summed E-state index contributed by atoms with van der Waals surface area (Å²) < 4.78 is 7.73. The van der Waals surface area contributed by atoms with Gasteiger partial charge in [-0.15, -0.1) is 0 Å². The minimum absolute atomic E-state index is 0.288. The summed E-state index contributed by atoms with van der Waals surface area (Å²) in [5.41, 5.74) is 2.12. The van der Waals surface area contributed by atoms with E-state index >= 15 is 0 Å². The molecule has 0 N–H and O–H groups in total. The molecule has 1 saturated heterocycles. The summed E-state index contributed by atoms with van der Waals surface area (Å²) in [7, 11) is 1.67. The Kier molecular flexibility index (Phi) is 4.22. The van der Waals surface area contributed by atoms with Crippen LogP contribution in [0.1, 0.15) is 67.6 Å². The van der Waals surface area contributed by atoms with Gasteiger partial charge in [0.05, 0.1) is 12.5 Å². The van der Waals surface area contributed by atoms with E-state index in [1.165, 1.54) is 24.4 Å². The maximum atomic E-state index is 13.4. The molecule has 0 radical (unpaired) electrons. The van der Waals surface area contributed by atoms with Gasteiger partial charge in [0.25, 0.3) is 0 Å². The second-order valence-corrected chi connectivity index (χ2v) is 8.74. The molecule has 2 aromatic rings. The molecule has 0 bridgehead atoms. The Labute approximate surface area is 166 Å². The maximum Gasteiger partial charge on any atom is 0.233 e. The third-order valence-electron chi connectivity index (χ3n) is 6.87. The first-order valence-corrected chi connectivity index (χ1v) is 10.6. The third kappa shape index (κ3) is 2.92. The van der Waals surface area contributed by atoms with Gasteiger partial charge in [-0.1, -0.05) is 12.1 Å². The average Bonchev–Trinajstić information content (AvgIpc) is 3.66. The summed E-state index contributed by atoms with van der Waals surface area (Å²) in [5, 5.41) is 0. The summed E-state index contributed by atoms with van der Waals surface area (Å²) >= 11 is 0. The number of methoxy groups -OCH3 is 1. The molecule has 2 saturated carbocycles. The van der Waals surface area contributed by atoms with Gasteiger partial charge in [0.2, 0.25) is 5.91 Å². The van der Waals surface area contributed by atoms with Crippen molar-refractivity contribution >= 4 is 5.91 Å². The minimum atomic E-state index is -0.288. The zero-order valence-electron chi connectivity index (χ0n) is 16.9. The average molecular weight is 380 g/mol. The van der Waals surface area contributed by atoms with E-state index in [1.54, 1.807) is 7.11 Å². The number of nitrogens with zero attached hydrogens (tertiary/aromatic N) is 3. The lowest BCUT2D eigenvalue weighted by atomic mass is 9.92. The van der Waals surface area contributed by atoms with E-state index in [0.29, 0.717) is 17.9 Å². The van der Waals surface area contributed by atoms with Crippen LogP contribution in [0.2, 0.25) is 0 Å². The molecule has 0 spiro atoms. The van der Waals surface area contributed by atoms with Crippen LogP contribution in [0.15, 0.2) is 30.5 Å². The highest BCUT2D eigenvalue weighted by Crippen LogP contribution is 2.50. The minimum Gasteiger partial charge on any atom is -0.497 e. The predicted molar refractivity (Wildman–Crippen MR) is 108 cm³/mol. The number of hydrogen-bond acceptors (Lipinski definition) is 3. The lowest BCUT2D eigenvalue weighted by Crippen LogP contribution is -2.44. The number of piperidine rings is 1. The Hall–Kier alpha value is -2.30. The van der Waals surface area contributed by atoms with Crippen LogP contribution >= 0.6 is 0 Å². The van der Waals surface area contributed by atoms with E-state index in [1.807, 2.05) is 18.3 Å². The van der Waals surface area contributed by atoms with Crippen molar-refractivity contribution in [2.45, 2.75) is 62.8 Å². The monoisotopic (exact) mass is 379 g/mol. The van der Waals surface area contributed by atoms with Crippen molar-refractivity contribution in [2.24, 2.45) is 0 Å². The summed E-state index contributed by atoms with van der Waals surface area (Å²) in [4.78, 5) is 20.1. The molecule has 0 atom stereocenters. The van der Waals surface area contributed by atoms with Crippen molar-refractivity contribution in [1.82, 2.24) is 14.5 Å².